The molecule has 1 aliphatic carbocycles. The number of unbranched alkanes of at least 4 members (excludes halogenated alkanes) is 2. The van der Waals surface area contributed by atoms with Gasteiger partial charge in [-0.1, -0.05) is 12.8 Å². The SMILES string of the molecule is CC(C)(C)NCCCCCN1CCCC2CCCC21. The van der Waals surface area contributed by atoms with Crippen LogP contribution in [0, 0.1) is 5.92 Å². The largest absolute Gasteiger partial charge is 0.312 e. The molecule has 1 saturated heterocycles. The van der Waals surface area contributed by atoms with Gasteiger partial charge in [0.2, 0.25) is 0 Å². The first-order chi connectivity index (χ1) is 9.06. The molecule has 2 rings (SSSR count). The lowest BCUT2D eigenvalue weighted by Crippen LogP contribution is -2.43. The van der Waals surface area contributed by atoms with Crippen LogP contribution in [0.4, 0.5) is 0 Å². The zero-order chi connectivity index (χ0) is 13.7. The Bertz CT molecular complexity index is 256. The van der Waals surface area contributed by atoms with Crippen molar-refractivity contribution in [3.8, 4) is 0 Å². The number of hydrogen-bond donors (Lipinski definition) is 1. The van der Waals surface area contributed by atoms with Crippen LogP contribution in [0.15, 0.2) is 0 Å². The second-order valence-electron chi connectivity index (χ2n) is 7.67. The summed E-state index contributed by atoms with van der Waals surface area (Å²) < 4.78 is 0. The number of likely N-dealkylation sites (tertiary alicyclic amines) is 1. The topological polar surface area (TPSA) is 15.3 Å². The van der Waals surface area contributed by atoms with Crippen LogP contribution in [0.25, 0.3) is 0 Å². The standard InChI is InChI=1S/C17H34N2/c1-17(2,3)18-12-5-4-6-13-19-14-8-10-15-9-7-11-16(15)19/h15-16,18H,4-14H2,1-3H3. The first-order valence-corrected chi connectivity index (χ1v) is 8.55. The number of hydrogen-bond acceptors (Lipinski definition) is 2. The first kappa shape index (κ1) is 15.3. The molecular formula is C17H34N2. The molecule has 0 amide bonds. The highest BCUT2D eigenvalue weighted by molar-refractivity contribution is 4.88. The van der Waals surface area contributed by atoms with Gasteiger partial charge < -0.3 is 10.2 Å². The van der Waals surface area contributed by atoms with Crippen LogP contribution in [0.1, 0.15) is 72.1 Å². The van der Waals surface area contributed by atoms with Gasteiger partial charge in [-0.25, -0.2) is 0 Å². The summed E-state index contributed by atoms with van der Waals surface area (Å²) in [7, 11) is 0. The lowest BCUT2D eigenvalue weighted by Gasteiger charge is -2.37. The molecule has 2 nitrogen and oxygen atoms in total. The number of rotatable bonds is 6. The molecule has 0 radical (unpaired) electrons. The second-order valence-corrected chi connectivity index (χ2v) is 7.67. The summed E-state index contributed by atoms with van der Waals surface area (Å²) in [6, 6.07) is 0.960. The van der Waals surface area contributed by atoms with Gasteiger partial charge in [0.1, 0.15) is 0 Å². The zero-order valence-corrected chi connectivity index (χ0v) is 13.4. The van der Waals surface area contributed by atoms with E-state index in [0.29, 0.717) is 0 Å². The molecule has 1 heterocycles. The van der Waals surface area contributed by atoms with Gasteiger partial charge in [0.05, 0.1) is 0 Å². The fraction of sp³-hybridized carbons (Fsp3) is 1.00. The summed E-state index contributed by atoms with van der Waals surface area (Å²) in [6.07, 6.45) is 11.6. The normalized spacial score (nSPS) is 28.6. The molecule has 0 aromatic heterocycles. The third-order valence-corrected chi connectivity index (χ3v) is 4.89. The first-order valence-electron chi connectivity index (χ1n) is 8.55. The highest BCUT2D eigenvalue weighted by Gasteiger charge is 2.34. The third kappa shape index (κ3) is 5.07. The van der Waals surface area contributed by atoms with Crippen molar-refractivity contribution in [1.82, 2.24) is 10.2 Å². The molecule has 2 unspecified atom stereocenters. The maximum absolute atomic E-state index is 3.58. The van der Waals surface area contributed by atoms with Crippen LogP contribution in [0.3, 0.4) is 0 Å². The Hall–Kier alpha value is -0.0800. The Kier molecular flexibility index (Phi) is 5.70. The maximum Gasteiger partial charge on any atom is 0.0123 e. The molecule has 2 heteroatoms. The predicted molar refractivity (Wildman–Crippen MR) is 83.5 cm³/mol. The van der Waals surface area contributed by atoms with E-state index >= 15 is 0 Å². The van der Waals surface area contributed by atoms with E-state index in [0.717, 1.165) is 12.0 Å². The van der Waals surface area contributed by atoms with Crippen LogP contribution in [-0.4, -0.2) is 36.1 Å². The molecule has 112 valence electrons. The average Bonchev–Trinajstić information content (AvgIpc) is 2.81. The fourth-order valence-electron chi connectivity index (χ4n) is 3.91. The summed E-state index contributed by atoms with van der Waals surface area (Å²) >= 11 is 0. The van der Waals surface area contributed by atoms with Gasteiger partial charge in [-0.15, -0.1) is 0 Å². The van der Waals surface area contributed by atoms with Gasteiger partial charge >= 0.3 is 0 Å². The van der Waals surface area contributed by atoms with Crippen molar-refractivity contribution >= 4 is 0 Å². The lowest BCUT2D eigenvalue weighted by molar-refractivity contribution is 0.111. The van der Waals surface area contributed by atoms with E-state index in [4.69, 9.17) is 0 Å². The molecule has 2 atom stereocenters. The van der Waals surface area contributed by atoms with Crippen LogP contribution in [0.2, 0.25) is 0 Å². The molecule has 0 aromatic rings. The quantitative estimate of drug-likeness (QED) is 0.736. The van der Waals surface area contributed by atoms with Crippen molar-refractivity contribution in [2.24, 2.45) is 5.92 Å². The number of piperidine rings is 1. The van der Waals surface area contributed by atoms with Gasteiger partial charge in [-0.05, 0) is 84.8 Å². The molecule has 0 aromatic carbocycles. The van der Waals surface area contributed by atoms with E-state index in [2.05, 4.69) is 31.0 Å². The highest BCUT2D eigenvalue weighted by atomic mass is 15.2. The minimum absolute atomic E-state index is 0.282. The van der Waals surface area contributed by atoms with E-state index in [-0.39, 0.29) is 5.54 Å². The van der Waals surface area contributed by atoms with Crippen molar-refractivity contribution in [2.45, 2.75) is 83.7 Å². The fourth-order valence-corrected chi connectivity index (χ4v) is 3.91. The lowest BCUT2D eigenvalue weighted by atomic mass is 9.92. The van der Waals surface area contributed by atoms with Crippen LogP contribution in [-0.2, 0) is 0 Å². The van der Waals surface area contributed by atoms with Crippen molar-refractivity contribution in [2.75, 3.05) is 19.6 Å². The summed E-state index contributed by atoms with van der Waals surface area (Å²) in [5, 5.41) is 3.58. The number of nitrogens with zero attached hydrogens (tertiary/aromatic N) is 1. The van der Waals surface area contributed by atoms with E-state index < -0.39 is 0 Å². The minimum Gasteiger partial charge on any atom is -0.312 e. The molecule has 1 N–H and O–H groups in total. The third-order valence-electron chi connectivity index (χ3n) is 4.89. The van der Waals surface area contributed by atoms with E-state index in [9.17, 15) is 0 Å². The average molecular weight is 266 g/mol. The molecule has 0 bridgehead atoms. The Labute approximate surface area is 120 Å². The van der Waals surface area contributed by atoms with Crippen LogP contribution in [0.5, 0.6) is 0 Å². The second kappa shape index (κ2) is 7.08. The maximum atomic E-state index is 3.58. The van der Waals surface area contributed by atoms with E-state index in [1.807, 2.05) is 0 Å². The van der Waals surface area contributed by atoms with Gasteiger partial charge in [-0.3, -0.25) is 0 Å². The molecule has 1 aliphatic heterocycles. The Morgan fingerprint density at radius 1 is 1.00 bits per heavy atom. The van der Waals surface area contributed by atoms with Crippen molar-refractivity contribution < 1.29 is 0 Å². The van der Waals surface area contributed by atoms with E-state index in [1.165, 1.54) is 71.0 Å². The van der Waals surface area contributed by atoms with Crippen LogP contribution >= 0.6 is 0 Å². The molecular weight excluding hydrogens is 232 g/mol. The summed E-state index contributed by atoms with van der Waals surface area (Å²) in [4.78, 5) is 2.82. The van der Waals surface area contributed by atoms with Crippen molar-refractivity contribution in [3.05, 3.63) is 0 Å². The van der Waals surface area contributed by atoms with Gasteiger partial charge in [-0.2, -0.15) is 0 Å². The molecule has 2 aliphatic rings. The van der Waals surface area contributed by atoms with Crippen molar-refractivity contribution in [3.63, 3.8) is 0 Å². The van der Waals surface area contributed by atoms with Crippen molar-refractivity contribution in [1.29, 1.82) is 0 Å². The Morgan fingerprint density at radius 3 is 2.58 bits per heavy atom. The van der Waals surface area contributed by atoms with Gasteiger partial charge in [0.25, 0.3) is 0 Å². The monoisotopic (exact) mass is 266 g/mol. The Morgan fingerprint density at radius 2 is 1.79 bits per heavy atom. The highest BCUT2D eigenvalue weighted by Crippen LogP contribution is 2.36. The summed E-state index contributed by atoms with van der Waals surface area (Å²) in [6.45, 7) is 10.7. The number of nitrogens with one attached hydrogen (secondary N) is 1. The summed E-state index contributed by atoms with van der Waals surface area (Å²) in [5.41, 5.74) is 0.282. The molecule has 2 fully saturated rings. The van der Waals surface area contributed by atoms with Gasteiger partial charge in [0.15, 0.2) is 0 Å². The number of fused-ring (bicyclic) bond motifs is 1. The molecule has 19 heavy (non-hydrogen) atoms. The molecule has 1 saturated carbocycles. The smallest absolute Gasteiger partial charge is 0.0123 e. The van der Waals surface area contributed by atoms with Gasteiger partial charge in [0, 0.05) is 11.6 Å². The minimum atomic E-state index is 0.282. The Balaban J connectivity index is 1.55. The summed E-state index contributed by atoms with van der Waals surface area (Å²) in [5.74, 6) is 1.05. The van der Waals surface area contributed by atoms with Crippen LogP contribution < -0.4 is 5.32 Å². The predicted octanol–water partition coefficient (Wildman–Crippen LogP) is 3.81. The van der Waals surface area contributed by atoms with E-state index in [1.54, 1.807) is 0 Å². The molecule has 0 spiro atoms. The zero-order valence-electron chi connectivity index (χ0n) is 13.4.